The second-order valence-electron chi connectivity index (χ2n) is 5.35. The third kappa shape index (κ3) is 3.00. The van der Waals surface area contributed by atoms with E-state index >= 15 is 0 Å². The molecule has 3 nitrogen and oxygen atoms in total. The Morgan fingerprint density at radius 2 is 1.85 bits per heavy atom. The van der Waals surface area contributed by atoms with Gasteiger partial charge in [0.2, 0.25) is 0 Å². The molecule has 1 aliphatic heterocycles. The van der Waals surface area contributed by atoms with Gasteiger partial charge in [0, 0.05) is 18.4 Å². The molecule has 0 aromatic heterocycles. The Morgan fingerprint density at radius 1 is 1.15 bits per heavy atom. The van der Waals surface area contributed by atoms with Crippen molar-refractivity contribution in [3.8, 4) is 0 Å². The van der Waals surface area contributed by atoms with Crippen LogP contribution in [0.2, 0.25) is 0 Å². The molecular weight excluding hydrogens is 266 g/mol. The quantitative estimate of drug-likeness (QED) is 0.853. The minimum absolute atomic E-state index is 0.0519. The third-order valence-corrected chi connectivity index (χ3v) is 3.99. The predicted molar refractivity (Wildman–Crippen MR) is 68.0 cm³/mol. The lowest BCUT2D eigenvalue weighted by Crippen LogP contribution is -2.37. The van der Waals surface area contributed by atoms with Crippen molar-refractivity contribution in [1.29, 1.82) is 0 Å². The van der Waals surface area contributed by atoms with Gasteiger partial charge >= 0.3 is 0 Å². The molecule has 1 saturated carbocycles. The monoisotopic (exact) mass is 284 g/mol. The summed E-state index contributed by atoms with van der Waals surface area (Å²) in [6.45, 7) is 1.41. The molecule has 20 heavy (non-hydrogen) atoms. The van der Waals surface area contributed by atoms with E-state index in [9.17, 15) is 8.78 Å². The van der Waals surface area contributed by atoms with Gasteiger partial charge < -0.3 is 14.2 Å². The van der Waals surface area contributed by atoms with Gasteiger partial charge in [0.1, 0.15) is 11.6 Å². The van der Waals surface area contributed by atoms with Crippen molar-refractivity contribution < 1.29 is 23.0 Å². The van der Waals surface area contributed by atoms with Gasteiger partial charge in [-0.25, -0.2) is 8.78 Å². The first-order valence-electron chi connectivity index (χ1n) is 7.00. The van der Waals surface area contributed by atoms with Crippen molar-refractivity contribution in [2.75, 3.05) is 13.2 Å². The molecule has 1 aliphatic carbocycles. The molecule has 0 unspecified atom stereocenters. The molecule has 1 aromatic carbocycles. The van der Waals surface area contributed by atoms with Gasteiger partial charge in [-0.15, -0.1) is 0 Å². The lowest BCUT2D eigenvalue weighted by molar-refractivity contribution is -0.192. The van der Waals surface area contributed by atoms with E-state index in [2.05, 4.69) is 0 Å². The first-order chi connectivity index (χ1) is 9.67. The Labute approximate surface area is 116 Å². The minimum Gasteiger partial charge on any atom is -0.373 e. The fraction of sp³-hybridized carbons (Fsp3) is 0.600. The molecule has 1 aromatic rings. The summed E-state index contributed by atoms with van der Waals surface area (Å²) in [6, 6.07) is 3.42. The zero-order chi connectivity index (χ0) is 14.0. The van der Waals surface area contributed by atoms with Crippen LogP contribution in [0.25, 0.3) is 0 Å². The van der Waals surface area contributed by atoms with Crippen molar-refractivity contribution in [2.45, 2.75) is 44.2 Å². The number of ether oxygens (including phenoxy) is 3. The Hall–Kier alpha value is -1.04. The normalized spacial score (nSPS) is 22.5. The Bertz CT molecular complexity index is 462. The molecule has 0 atom stereocenters. The Balaban J connectivity index is 1.51. The van der Waals surface area contributed by atoms with Crippen LogP contribution in [0.1, 0.15) is 31.2 Å². The second kappa shape index (κ2) is 5.76. The van der Waals surface area contributed by atoms with E-state index < -0.39 is 17.4 Å². The Kier molecular flexibility index (Phi) is 4.01. The topological polar surface area (TPSA) is 27.7 Å². The summed E-state index contributed by atoms with van der Waals surface area (Å²) in [6.07, 6.45) is 3.27. The highest BCUT2D eigenvalue weighted by Crippen LogP contribution is 2.36. The van der Waals surface area contributed by atoms with Crippen LogP contribution in [0, 0.1) is 11.6 Å². The summed E-state index contributed by atoms with van der Waals surface area (Å²) in [5, 5.41) is 0. The van der Waals surface area contributed by atoms with Gasteiger partial charge in [0.15, 0.2) is 5.79 Å². The summed E-state index contributed by atoms with van der Waals surface area (Å²) in [5.41, 5.74) is 0.263. The molecule has 0 amide bonds. The van der Waals surface area contributed by atoms with Crippen LogP contribution in [0.3, 0.4) is 0 Å². The highest BCUT2D eigenvalue weighted by Gasteiger charge is 2.40. The maximum Gasteiger partial charge on any atom is 0.168 e. The number of rotatable bonds is 3. The third-order valence-electron chi connectivity index (χ3n) is 3.99. The lowest BCUT2D eigenvalue weighted by Gasteiger charge is -2.35. The van der Waals surface area contributed by atoms with Crippen LogP contribution in [0.15, 0.2) is 18.2 Å². The molecule has 5 heteroatoms. The van der Waals surface area contributed by atoms with E-state index in [1.54, 1.807) is 0 Å². The van der Waals surface area contributed by atoms with Crippen LogP contribution in [-0.4, -0.2) is 25.1 Å². The molecule has 2 aliphatic rings. The van der Waals surface area contributed by atoms with E-state index in [0.29, 0.717) is 13.2 Å². The summed E-state index contributed by atoms with van der Waals surface area (Å²) >= 11 is 0. The first kappa shape index (κ1) is 13.9. The van der Waals surface area contributed by atoms with Gasteiger partial charge in [-0.1, -0.05) is 0 Å². The van der Waals surface area contributed by atoms with E-state index in [1.165, 1.54) is 6.07 Å². The van der Waals surface area contributed by atoms with Gasteiger partial charge in [-0.3, -0.25) is 0 Å². The van der Waals surface area contributed by atoms with Crippen molar-refractivity contribution >= 4 is 0 Å². The molecule has 2 fully saturated rings. The number of hydrogen-bond acceptors (Lipinski definition) is 3. The van der Waals surface area contributed by atoms with Crippen LogP contribution >= 0.6 is 0 Å². The molecule has 1 spiro atoms. The number of halogens is 2. The first-order valence-corrected chi connectivity index (χ1v) is 7.00. The maximum atomic E-state index is 13.5. The van der Waals surface area contributed by atoms with Crippen molar-refractivity contribution in [3.63, 3.8) is 0 Å². The molecule has 3 rings (SSSR count). The summed E-state index contributed by atoms with van der Waals surface area (Å²) in [5.74, 6) is -1.29. The Morgan fingerprint density at radius 3 is 2.55 bits per heavy atom. The fourth-order valence-corrected chi connectivity index (χ4v) is 2.85. The van der Waals surface area contributed by atoms with Crippen molar-refractivity contribution in [3.05, 3.63) is 35.4 Å². The van der Waals surface area contributed by atoms with Crippen LogP contribution in [0.4, 0.5) is 8.78 Å². The fourth-order valence-electron chi connectivity index (χ4n) is 2.85. The molecule has 1 saturated heterocycles. The molecule has 110 valence electrons. The average Bonchev–Trinajstić information content (AvgIpc) is 2.90. The zero-order valence-corrected chi connectivity index (χ0v) is 11.2. The largest absolute Gasteiger partial charge is 0.373 e. The number of benzene rings is 1. The van der Waals surface area contributed by atoms with Gasteiger partial charge in [-0.05, 0) is 31.0 Å². The maximum absolute atomic E-state index is 13.5. The van der Waals surface area contributed by atoms with E-state index in [-0.39, 0.29) is 18.3 Å². The molecule has 0 radical (unpaired) electrons. The van der Waals surface area contributed by atoms with E-state index in [0.717, 1.165) is 37.8 Å². The molecule has 1 heterocycles. The van der Waals surface area contributed by atoms with Gasteiger partial charge in [0.05, 0.1) is 25.9 Å². The second-order valence-corrected chi connectivity index (χ2v) is 5.35. The average molecular weight is 284 g/mol. The van der Waals surface area contributed by atoms with E-state index in [4.69, 9.17) is 14.2 Å². The summed E-state index contributed by atoms with van der Waals surface area (Å²) in [4.78, 5) is 0. The zero-order valence-electron chi connectivity index (χ0n) is 11.2. The van der Waals surface area contributed by atoms with Gasteiger partial charge in [-0.2, -0.15) is 0 Å². The molecule has 0 bridgehead atoms. The number of hydrogen-bond donors (Lipinski definition) is 0. The van der Waals surface area contributed by atoms with Crippen molar-refractivity contribution in [2.24, 2.45) is 0 Å². The molecule has 0 N–H and O–H groups in total. The van der Waals surface area contributed by atoms with Crippen molar-refractivity contribution in [1.82, 2.24) is 0 Å². The van der Waals surface area contributed by atoms with Crippen LogP contribution < -0.4 is 0 Å². The van der Waals surface area contributed by atoms with Gasteiger partial charge in [0.25, 0.3) is 0 Å². The van der Waals surface area contributed by atoms with Crippen LogP contribution in [0.5, 0.6) is 0 Å². The van der Waals surface area contributed by atoms with E-state index in [1.807, 2.05) is 0 Å². The van der Waals surface area contributed by atoms with Crippen LogP contribution in [-0.2, 0) is 20.8 Å². The standard InChI is InChI=1S/C15H18F2O3/c16-12-1-2-14(17)11(9-12)10-18-13-3-5-15(6-4-13)19-7-8-20-15/h1-2,9,13H,3-8,10H2. The lowest BCUT2D eigenvalue weighted by atomic mass is 9.92. The molecular formula is C15H18F2O3. The highest BCUT2D eigenvalue weighted by molar-refractivity contribution is 5.17. The summed E-state index contributed by atoms with van der Waals surface area (Å²) in [7, 11) is 0. The SMILES string of the molecule is Fc1ccc(F)c(COC2CCC3(CC2)OCCO3)c1. The smallest absolute Gasteiger partial charge is 0.168 e. The predicted octanol–water partition coefficient (Wildman–Crippen LogP) is 3.17. The highest BCUT2D eigenvalue weighted by atomic mass is 19.1. The summed E-state index contributed by atoms with van der Waals surface area (Å²) < 4.78 is 43.5. The minimum atomic E-state index is -0.444.